The average molecular weight is 388 g/mol. The minimum absolute atomic E-state index is 0.0294. The number of carbonyl (C=O) groups excluding carboxylic acids is 2. The van der Waals surface area contributed by atoms with Gasteiger partial charge in [0.15, 0.2) is 24.3 Å². The molecule has 6 nitrogen and oxygen atoms in total. The number of rotatable bonds is 6. The minimum Gasteiger partial charge on any atom is -0.484 e. The number of hydrazine groups is 1. The zero-order valence-electron chi connectivity index (χ0n) is 16.4. The Balaban J connectivity index is 1.75. The molecule has 0 aliphatic carbocycles. The summed E-state index contributed by atoms with van der Waals surface area (Å²) in [5.74, 6) is -1.22. The van der Waals surface area contributed by atoms with Gasteiger partial charge in [-0.15, -0.1) is 0 Å². The number of carbonyl (C=O) groups is 2. The molecule has 0 radical (unpaired) electrons. The zero-order chi connectivity index (χ0) is 20.7. The van der Waals surface area contributed by atoms with E-state index in [2.05, 4.69) is 31.6 Å². The molecule has 1 atom stereocenters. The number of nitrogens with one attached hydrogen (secondary N) is 2. The summed E-state index contributed by atoms with van der Waals surface area (Å²) in [7, 11) is 0. The molecule has 0 unspecified atom stereocenters. The van der Waals surface area contributed by atoms with Crippen LogP contribution in [-0.4, -0.2) is 24.5 Å². The fourth-order valence-electron chi connectivity index (χ4n) is 2.25. The van der Waals surface area contributed by atoms with E-state index in [-0.39, 0.29) is 17.8 Å². The quantitative estimate of drug-likeness (QED) is 0.746. The van der Waals surface area contributed by atoms with Gasteiger partial charge in [-0.25, -0.2) is 4.39 Å². The fraction of sp³-hybridized carbons (Fsp3) is 0.333. The minimum atomic E-state index is -0.997. The second kappa shape index (κ2) is 9.21. The maximum atomic E-state index is 13.5. The highest BCUT2D eigenvalue weighted by atomic mass is 19.1. The number of hydrogen-bond acceptors (Lipinski definition) is 4. The molecule has 0 saturated carbocycles. The Morgan fingerprint density at radius 2 is 1.68 bits per heavy atom. The van der Waals surface area contributed by atoms with Crippen LogP contribution < -0.4 is 20.3 Å². The third-order valence-corrected chi connectivity index (χ3v) is 3.93. The number of hydrogen-bond donors (Lipinski definition) is 2. The van der Waals surface area contributed by atoms with Crippen LogP contribution in [0.1, 0.15) is 33.3 Å². The topological polar surface area (TPSA) is 76.7 Å². The molecule has 2 amide bonds. The Hall–Kier alpha value is -3.09. The van der Waals surface area contributed by atoms with E-state index in [4.69, 9.17) is 9.47 Å². The largest absolute Gasteiger partial charge is 0.484 e. The lowest BCUT2D eigenvalue weighted by Crippen LogP contribution is -2.48. The van der Waals surface area contributed by atoms with Crippen molar-refractivity contribution in [3.05, 3.63) is 59.9 Å². The van der Waals surface area contributed by atoms with Crippen molar-refractivity contribution in [2.75, 3.05) is 6.61 Å². The Bertz CT molecular complexity index is 816. The number of ether oxygens (including phenoxy) is 2. The first-order valence-electron chi connectivity index (χ1n) is 8.90. The number of amides is 2. The van der Waals surface area contributed by atoms with E-state index in [1.165, 1.54) is 25.1 Å². The predicted octanol–water partition coefficient (Wildman–Crippen LogP) is 3.12. The van der Waals surface area contributed by atoms with Crippen molar-refractivity contribution in [3.8, 4) is 11.5 Å². The standard InChI is InChI=1S/C21H25FN2O4/c1-14(28-18-8-6-5-7-17(18)22)20(26)24-23-19(25)13-27-16-11-9-15(10-12-16)21(2,3)4/h5-12,14H,13H2,1-4H3,(H,23,25)(H,24,26)/t14-/m0/s1. The molecule has 28 heavy (non-hydrogen) atoms. The first-order chi connectivity index (χ1) is 13.2. The summed E-state index contributed by atoms with van der Waals surface area (Å²) in [4.78, 5) is 23.8. The molecule has 0 saturated heterocycles. The summed E-state index contributed by atoms with van der Waals surface area (Å²) < 4.78 is 24.2. The first kappa shape index (κ1) is 21.2. The van der Waals surface area contributed by atoms with Crippen LogP contribution in [0, 0.1) is 5.82 Å². The van der Waals surface area contributed by atoms with Gasteiger partial charge in [0.25, 0.3) is 11.8 Å². The second-order valence-electron chi connectivity index (χ2n) is 7.29. The third kappa shape index (κ3) is 6.26. The average Bonchev–Trinajstić information content (AvgIpc) is 2.65. The molecule has 0 spiro atoms. The van der Waals surface area contributed by atoms with Gasteiger partial charge in [0, 0.05) is 0 Å². The van der Waals surface area contributed by atoms with Crippen molar-refractivity contribution >= 4 is 11.8 Å². The van der Waals surface area contributed by atoms with Crippen molar-refractivity contribution in [2.45, 2.75) is 39.2 Å². The molecule has 0 bridgehead atoms. The highest BCUT2D eigenvalue weighted by molar-refractivity contribution is 5.85. The molecule has 0 fully saturated rings. The second-order valence-corrected chi connectivity index (χ2v) is 7.29. The van der Waals surface area contributed by atoms with Crippen LogP contribution in [0.4, 0.5) is 4.39 Å². The maximum absolute atomic E-state index is 13.5. The summed E-state index contributed by atoms with van der Waals surface area (Å²) in [6.07, 6.45) is -0.997. The van der Waals surface area contributed by atoms with Crippen molar-refractivity contribution < 1.29 is 23.5 Å². The SMILES string of the molecule is C[C@H](Oc1ccccc1F)C(=O)NNC(=O)COc1ccc(C(C)(C)C)cc1. The van der Waals surface area contributed by atoms with Crippen LogP contribution in [0.15, 0.2) is 48.5 Å². The Morgan fingerprint density at radius 3 is 2.29 bits per heavy atom. The Labute approximate surface area is 164 Å². The lowest BCUT2D eigenvalue weighted by Gasteiger charge is -2.19. The van der Waals surface area contributed by atoms with E-state index < -0.39 is 23.7 Å². The summed E-state index contributed by atoms with van der Waals surface area (Å²) in [6.45, 7) is 7.50. The van der Waals surface area contributed by atoms with E-state index in [0.29, 0.717) is 5.75 Å². The lowest BCUT2D eigenvalue weighted by atomic mass is 9.87. The molecule has 150 valence electrons. The molecule has 0 heterocycles. The molecule has 7 heteroatoms. The van der Waals surface area contributed by atoms with E-state index in [1.807, 2.05) is 12.1 Å². The molecular formula is C21H25FN2O4. The van der Waals surface area contributed by atoms with Crippen LogP contribution in [0.25, 0.3) is 0 Å². The van der Waals surface area contributed by atoms with Gasteiger partial charge in [-0.3, -0.25) is 20.4 Å². The monoisotopic (exact) mass is 388 g/mol. The van der Waals surface area contributed by atoms with E-state index in [0.717, 1.165) is 5.56 Å². The molecule has 0 aliphatic rings. The highest BCUT2D eigenvalue weighted by Gasteiger charge is 2.17. The number of para-hydroxylation sites is 1. The van der Waals surface area contributed by atoms with Crippen molar-refractivity contribution in [1.29, 1.82) is 0 Å². The van der Waals surface area contributed by atoms with Crippen LogP contribution in [0.5, 0.6) is 11.5 Å². The summed E-state index contributed by atoms with van der Waals surface area (Å²) in [5.41, 5.74) is 5.64. The molecule has 2 N–H and O–H groups in total. The molecule has 0 aromatic heterocycles. The lowest BCUT2D eigenvalue weighted by molar-refractivity contribution is -0.133. The summed E-state index contributed by atoms with van der Waals surface area (Å²) >= 11 is 0. The molecular weight excluding hydrogens is 363 g/mol. The van der Waals surface area contributed by atoms with Crippen LogP contribution >= 0.6 is 0 Å². The molecule has 2 rings (SSSR count). The van der Waals surface area contributed by atoms with Gasteiger partial charge in [0.1, 0.15) is 5.75 Å². The van der Waals surface area contributed by atoms with Gasteiger partial charge in [-0.05, 0) is 42.2 Å². The normalized spacial score (nSPS) is 12.0. The molecule has 2 aromatic rings. The van der Waals surface area contributed by atoms with Gasteiger partial charge < -0.3 is 9.47 Å². The van der Waals surface area contributed by atoms with E-state index in [1.54, 1.807) is 18.2 Å². The number of halogens is 1. The zero-order valence-corrected chi connectivity index (χ0v) is 16.4. The van der Waals surface area contributed by atoms with Crippen molar-refractivity contribution in [1.82, 2.24) is 10.9 Å². The predicted molar refractivity (Wildman–Crippen MR) is 103 cm³/mol. The van der Waals surface area contributed by atoms with E-state index >= 15 is 0 Å². The van der Waals surface area contributed by atoms with Gasteiger partial charge in [0.2, 0.25) is 0 Å². The summed E-state index contributed by atoms with van der Waals surface area (Å²) in [5, 5.41) is 0. The van der Waals surface area contributed by atoms with Gasteiger partial charge in [0.05, 0.1) is 0 Å². The first-order valence-corrected chi connectivity index (χ1v) is 8.90. The van der Waals surface area contributed by atoms with Crippen molar-refractivity contribution in [2.24, 2.45) is 0 Å². The van der Waals surface area contributed by atoms with Crippen LogP contribution in [-0.2, 0) is 15.0 Å². The molecule has 0 aliphatic heterocycles. The van der Waals surface area contributed by atoms with Gasteiger partial charge in [-0.2, -0.15) is 0 Å². The smallest absolute Gasteiger partial charge is 0.279 e. The van der Waals surface area contributed by atoms with Gasteiger partial charge >= 0.3 is 0 Å². The molecule has 2 aromatic carbocycles. The third-order valence-electron chi connectivity index (χ3n) is 3.93. The van der Waals surface area contributed by atoms with Crippen molar-refractivity contribution in [3.63, 3.8) is 0 Å². The fourth-order valence-corrected chi connectivity index (χ4v) is 2.25. The number of benzene rings is 2. The van der Waals surface area contributed by atoms with E-state index in [9.17, 15) is 14.0 Å². The highest BCUT2D eigenvalue weighted by Crippen LogP contribution is 2.24. The Kier molecular flexibility index (Phi) is 6.98. The van der Waals surface area contributed by atoms with Gasteiger partial charge in [-0.1, -0.05) is 45.0 Å². The van der Waals surface area contributed by atoms with Crippen LogP contribution in [0.2, 0.25) is 0 Å². The van der Waals surface area contributed by atoms with Crippen LogP contribution in [0.3, 0.4) is 0 Å². The Morgan fingerprint density at radius 1 is 1.04 bits per heavy atom. The maximum Gasteiger partial charge on any atom is 0.279 e. The summed E-state index contributed by atoms with van der Waals surface area (Å²) in [6, 6.07) is 13.2.